The molecule has 11 aromatic rings. The highest BCUT2D eigenvalue weighted by atomic mass is 15.3. The van der Waals surface area contributed by atoms with Gasteiger partial charge in [0.2, 0.25) is 6.29 Å². The van der Waals surface area contributed by atoms with Crippen LogP contribution in [0.3, 0.4) is 0 Å². The van der Waals surface area contributed by atoms with E-state index in [2.05, 4.69) is 233 Å². The van der Waals surface area contributed by atoms with Crippen LogP contribution in [0, 0.1) is 0 Å². The maximum atomic E-state index is 5.61. The predicted octanol–water partition coefficient (Wildman–Crippen LogP) is 15.3. The summed E-state index contributed by atoms with van der Waals surface area (Å²) in [5.74, 6) is 0. The highest BCUT2D eigenvalue weighted by Gasteiger charge is 2.29. The normalized spacial score (nSPS) is 15.0. The van der Waals surface area contributed by atoms with E-state index in [4.69, 9.17) is 4.99 Å². The first kappa shape index (κ1) is 36.4. The molecule has 9 aromatic carbocycles. The molecule has 1 N–H and O–H groups in total. The van der Waals surface area contributed by atoms with Crippen LogP contribution in [0.5, 0.6) is 0 Å². The van der Waals surface area contributed by atoms with Gasteiger partial charge in [-0.05, 0) is 99.6 Å². The van der Waals surface area contributed by atoms with Gasteiger partial charge in [0.1, 0.15) is 0 Å². The molecule has 1 unspecified atom stereocenters. The van der Waals surface area contributed by atoms with Gasteiger partial charge in [0.25, 0.3) is 0 Å². The first-order valence-electron chi connectivity index (χ1n) is 22.3. The number of fused-ring (bicyclic) bond motifs is 9. The number of para-hydroxylation sites is 3. The molecule has 4 heteroatoms. The molecule has 3 heterocycles. The van der Waals surface area contributed by atoms with Crippen LogP contribution in [0.25, 0.3) is 99.1 Å². The summed E-state index contributed by atoms with van der Waals surface area (Å²) in [6, 6.07) is 75.3. The van der Waals surface area contributed by atoms with Crippen molar-refractivity contribution < 1.29 is 0 Å². The molecular weight excluding hydrogens is 777 g/mol. The summed E-state index contributed by atoms with van der Waals surface area (Å²) >= 11 is 0. The Morgan fingerprint density at radius 2 is 1.00 bits per heavy atom. The third-order valence-electron chi connectivity index (χ3n) is 13.4. The monoisotopic (exact) mass is 818 g/mol. The fourth-order valence-corrected chi connectivity index (χ4v) is 10.4. The van der Waals surface area contributed by atoms with Crippen LogP contribution in [-0.4, -0.2) is 14.8 Å². The second-order valence-electron chi connectivity index (χ2n) is 17.0. The van der Waals surface area contributed by atoms with Crippen molar-refractivity contribution in [3.8, 4) is 39.1 Å². The molecule has 1 aliphatic carbocycles. The molecule has 2 aliphatic rings. The lowest BCUT2D eigenvalue weighted by Crippen LogP contribution is -2.31. The molecule has 0 radical (unpaired) electrons. The molecule has 64 heavy (non-hydrogen) atoms. The fourth-order valence-electron chi connectivity index (χ4n) is 10.4. The molecule has 0 spiro atoms. The third-order valence-corrected chi connectivity index (χ3v) is 13.4. The number of allylic oxidation sites excluding steroid dienone is 3. The van der Waals surface area contributed by atoms with Crippen molar-refractivity contribution in [1.82, 2.24) is 14.5 Å². The summed E-state index contributed by atoms with van der Waals surface area (Å²) in [6.07, 6.45) is 6.05. The minimum atomic E-state index is -0.371. The van der Waals surface area contributed by atoms with Crippen LogP contribution in [0.4, 0.5) is 0 Å². The van der Waals surface area contributed by atoms with Crippen LogP contribution in [0.15, 0.2) is 229 Å². The topological polar surface area (TPSA) is 34.2 Å². The Kier molecular flexibility index (Phi) is 8.38. The summed E-state index contributed by atoms with van der Waals surface area (Å²) in [4.78, 5) is 5.61. The average Bonchev–Trinajstić information content (AvgIpc) is 3.89. The van der Waals surface area contributed by atoms with E-state index in [1.807, 2.05) is 0 Å². The van der Waals surface area contributed by atoms with Gasteiger partial charge in [-0.25, -0.2) is 4.99 Å². The van der Waals surface area contributed by atoms with Crippen molar-refractivity contribution in [2.45, 2.75) is 19.1 Å². The SMILES string of the molecule is C1=CC2=C(c3ccc(-c4ccccc4)cc3)NC(n3c4ccccc4c4cc(-c5ccccc5)c5ccc(-c6ccc7c8ccccc8n(-c8ccccc8)c7c6)cc5c43)N=C2CC1. The van der Waals surface area contributed by atoms with E-state index in [0.29, 0.717) is 0 Å². The lowest BCUT2D eigenvalue weighted by atomic mass is 9.92. The molecule has 0 fully saturated rings. The Morgan fingerprint density at radius 3 is 1.77 bits per heavy atom. The molecule has 0 amide bonds. The van der Waals surface area contributed by atoms with Crippen LogP contribution in [0.1, 0.15) is 24.7 Å². The van der Waals surface area contributed by atoms with Crippen LogP contribution < -0.4 is 5.32 Å². The third kappa shape index (κ3) is 5.80. The van der Waals surface area contributed by atoms with Gasteiger partial charge < -0.3 is 14.5 Å². The lowest BCUT2D eigenvalue weighted by molar-refractivity contribution is 0.505. The standard InChI is InChI=1S/C60H42N4/c1-4-16-39(17-5-1)40-28-30-42(31-29-40)58-50-24-10-13-25-54(50)61-60(62-58)64-56-27-15-12-23-48(56)53-38-51(41-18-6-2-7-19-41)46-34-32-43(36-52(46)59(53)64)44-33-35-49-47-22-11-14-26-55(47)63(57(49)37-44)45-20-8-3-9-21-45/h1-12,14-24,26-38,60,62H,13,25H2. The van der Waals surface area contributed by atoms with Crippen molar-refractivity contribution in [3.05, 3.63) is 230 Å². The molecule has 0 saturated heterocycles. The first-order valence-corrected chi connectivity index (χ1v) is 22.3. The average molecular weight is 819 g/mol. The van der Waals surface area contributed by atoms with Crippen LogP contribution in [-0.2, 0) is 0 Å². The fraction of sp³-hybridized carbons (Fsp3) is 0.0500. The Hall–Kier alpha value is -8.21. The maximum Gasteiger partial charge on any atom is 0.201 e. The lowest BCUT2D eigenvalue weighted by Gasteiger charge is -2.31. The van der Waals surface area contributed by atoms with E-state index in [0.717, 1.165) is 41.0 Å². The summed E-state index contributed by atoms with van der Waals surface area (Å²) in [7, 11) is 0. The molecule has 1 aliphatic heterocycles. The minimum absolute atomic E-state index is 0.371. The smallest absolute Gasteiger partial charge is 0.201 e. The van der Waals surface area contributed by atoms with Gasteiger partial charge in [0.15, 0.2) is 0 Å². The van der Waals surface area contributed by atoms with E-state index < -0.39 is 0 Å². The zero-order valence-electron chi connectivity index (χ0n) is 35.1. The molecular formula is C60H42N4. The van der Waals surface area contributed by atoms with Crippen molar-refractivity contribution in [1.29, 1.82) is 0 Å². The van der Waals surface area contributed by atoms with Gasteiger partial charge in [-0.3, -0.25) is 0 Å². The van der Waals surface area contributed by atoms with Gasteiger partial charge in [0, 0.05) is 43.9 Å². The number of nitrogens with one attached hydrogen (secondary N) is 1. The van der Waals surface area contributed by atoms with Gasteiger partial charge in [-0.2, -0.15) is 0 Å². The van der Waals surface area contributed by atoms with Gasteiger partial charge in [0.05, 0.1) is 27.8 Å². The minimum Gasteiger partial charge on any atom is -0.345 e. The molecule has 2 aromatic heterocycles. The van der Waals surface area contributed by atoms with E-state index in [1.54, 1.807) is 0 Å². The van der Waals surface area contributed by atoms with Gasteiger partial charge in [-0.15, -0.1) is 0 Å². The van der Waals surface area contributed by atoms with E-state index >= 15 is 0 Å². The molecule has 0 bridgehead atoms. The Bertz CT molecular complexity index is 3720. The number of nitrogens with zero attached hydrogens (tertiary/aromatic N) is 3. The summed E-state index contributed by atoms with van der Waals surface area (Å²) in [5, 5.41) is 11.4. The largest absolute Gasteiger partial charge is 0.345 e. The van der Waals surface area contributed by atoms with Crippen molar-refractivity contribution in [2.24, 2.45) is 4.99 Å². The first-order chi connectivity index (χ1) is 31.7. The summed E-state index contributed by atoms with van der Waals surface area (Å²) < 4.78 is 4.88. The molecule has 1 atom stereocenters. The van der Waals surface area contributed by atoms with Gasteiger partial charge in [-0.1, -0.05) is 176 Å². The summed E-state index contributed by atoms with van der Waals surface area (Å²) in [6.45, 7) is 0. The molecule has 0 saturated carbocycles. The number of aromatic nitrogens is 2. The number of aliphatic imine (C=N–C) groups is 1. The number of hydrogen-bond donors (Lipinski definition) is 1. The molecule has 13 rings (SSSR count). The Morgan fingerprint density at radius 1 is 0.438 bits per heavy atom. The Balaban J connectivity index is 1.04. The quantitative estimate of drug-likeness (QED) is 0.178. The van der Waals surface area contributed by atoms with Crippen molar-refractivity contribution in [2.75, 3.05) is 0 Å². The number of hydrogen-bond acceptors (Lipinski definition) is 2. The molecule has 302 valence electrons. The maximum absolute atomic E-state index is 5.61. The van der Waals surface area contributed by atoms with E-state index in [1.165, 1.54) is 87.8 Å². The van der Waals surface area contributed by atoms with E-state index in [9.17, 15) is 0 Å². The number of rotatable bonds is 6. The second-order valence-corrected chi connectivity index (χ2v) is 17.0. The highest BCUT2D eigenvalue weighted by Crippen LogP contribution is 2.44. The second kappa shape index (κ2) is 14.7. The number of benzene rings is 9. The van der Waals surface area contributed by atoms with Gasteiger partial charge >= 0.3 is 0 Å². The predicted molar refractivity (Wildman–Crippen MR) is 269 cm³/mol. The van der Waals surface area contributed by atoms with Crippen LogP contribution in [0.2, 0.25) is 0 Å². The zero-order valence-corrected chi connectivity index (χ0v) is 35.1. The van der Waals surface area contributed by atoms with Crippen molar-refractivity contribution >= 4 is 65.8 Å². The zero-order chi connectivity index (χ0) is 42.1. The van der Waals surface area contributed by atoms with E-state index in [-0.39, 0.29) is 6.29 Å². The van der Waals surface area contributed by atoms with Crippen molar-refractivity contribution in [3.63, 3.8) is 0 Å². The Labute approximate surface area is 371 Å². The molecule has 4 nitrogen and oxygen atoms in total. The highest BCUT2D eigenvalue weighted by molar-refractivity contribution is 6.22. The summed E-state index contributed by atoms with van der Waals surface area (Å²) in [5.41, 5.74) is 17.7. The van der Waals surface area contributed by atoms with Crippen LogP contribution >= 0.6 is 0 Å².